The average Bonchev–Trinajstić information content (AvgIpc) is 2.98. The summed E-state index contributed by atoms with van der Waals surface area (Å²) in [5.74, 6) is 0.0664. The van der Waals surface area contributed by atoms with Gasteiger partial charge >= 0.3 is 0 Å². The topological polar surface area (TPSA) is 94.4 Å². The predicted molar refractivity (Wildman–Crippen MR) is 91.8 cm³/mol. The number of amides is 1. The minimum atomic E-state index is -0.583. The van der Waals surface area contributed by atoms with Gasteiger partial charge in [-0.25, -0.2) is 4.98 Å². The maximum Gasteiger partial charge on any atom is 0.282 e. The van der Waals surface area contributed by atoms with Crippen molar-refractivity contribution in [1.82, 2.24) is 4.98 Å². The van der Waals surface area contributed by atoms with Crippen LogP contribution in [0.15, 0.2) is 42.5 Å². The number of hydrogen-bond donors (Lipinski definition) is 1. The summed E-state index contributed by atoms with van der Waals surface area (Å²) in [5, 5.41) is 14.0. The second kappa shape index (κ2) is 6.63. The van der Waals surface area contributed by atoms with Crippen LogP contribution in [0.25, 0.3) is 10.2 Å². The Labute approximate surface area is 141 Å². The van der Waals surface area contributed by atoms with Crippen molar-refractivity contribution in [3.8, 4) is 5.75 Å². The van der Waals surface area contributed by atoms with E-state index < -0.39 is 10.8 Å². The summed E-state index contributed by atoms with van der Waals surface area (Å²) in [4.78, 5) is 27.2. The number of para-hydroxylation sites is 2. The molecule has 0 atom stereocenters. The summed E-state index contributed by atoms with van der Waals surface area (Å²) < 4.78 is 6.37. The van der Waals surface area contributed by atoms with E-state index in [0.29, 0.717) is 23.0 Å². The molecular formula is C16H13N3O4S. The third-order valence-electron chi connectivity index (χ3n) is 3.25. The fourth-order valence-corrected chi connectivity index (χ4v) is 3.12. The molecule has 24 heavy (non-hydrogen) atoms. The highest BCUT2D eigenvalue weighted by Crippen LogP contribution is 2.32. The number of anilines is 1. The molecule has 8 heteroatoms. The average molecular weight is 343 g/mol. The van der Waals surface area contributed by atoms with Gasteiger partial charge in [-0.1, -0.05) is 29.5 Å². The van der Waals surface area contributed by atoms with Crippen LogP contribution in [-0.4, -0.2) is 22.4 Å². The number of ether oxygens (including phenoxy) is 1. The summed E-state index contributed by atoms with van der Waals surface area (Å²) in [5.41, 5.74) is 0.403. The summed E-state index contributed by atoms with van der Waals surface area (Å²) in [6, 6.07) is 11.3. The van der Waals surface area contributed by atoms with Crippen molar-refractivity contribution in [2.24, 2.45) is 0 Å². The van der Waals surface area contributed by atoms with Crippen molar-refractivity contribution in [2.45, 2.75) is 6.92 Å². The van der Waals surface area contributed by atoms with Gasteiger partial charge in [-0.05, 0) is 25.1 Å². The van der Waals surface area contributed by atoms with E-state index in [4.69, 9.17) is 4.74 Å². The minimum absolute atomic E-state index is 0.00760. The van der Waals surface area contributed by atoms with Crippen LogP contribution < -0.4 is 10.1 Å². The molecule has 0 unspecified atom stereocenters. The molecule has 2 aromatic carbocycles. The fourth-order valence-electron chi connectivity index (χ4n) is 2.24. The Morgan fingerprint density at radius 1 is 1.29 bits per heavy atom. The van der Waals surface area contributed by atoms with E-state index in [1.807, 2.05) is 19.1 Å². The third-order valence-corrected chi connectivity index (χ3v) is 4.18. The van der Waals surface area contributed by atoms with Gasteiger partial charge in [-0.2, -0.15) is 0 Å². The summed E-state index contributed by atoms with van der Waals surface area (Å²) in [6.45, 7) is 2.39. The molecular weight excluding hydrogens is 330 g/mol. The van der Waals surface area contributed by atoms with Gasteiger partial charge in [0.1, 0.15) is 16.8 Å². The van der Waals surface area contributed by atoms with Crippen LogP contribution in [0, 0.1) is 10.1 Å². The lowest BCUT2D eigenvalue weighted by atomic mass is 10.1. The van der Waals surface area contributed by atoms with E-state index >= 15 is 0 Å². The lowest BCUT2D eigenvalue weighted by molar-refractivity contribution is -0.385. The van der Waals surface area contributed by atoms with Crippen molar-refractivity contribution >= 4 is 38.3 Å². The first-order valence-electron chi connectivity index (χ1n) is 7.17. The Balaban J connectivity index is 1.92. The summed E-state index contributed by atoms with van der Waals surface area (Å²) in [7, 11) is 0. The largest absolute Gasteiger partial charge is 0.492 e. The van der Waals surface area contributed by atoms with E-state index in [0.717, 1.165) is 4.70 Å². The smallest absolute Gasteiger partial charge is 0.282 e. The van der Waals surface area contributed by atoms with E-state index in [9.17, 15) is 14.9 Å². The van der Waals surface area contributed by atoms with Crippen LogP contribution in [0.4, 0.5) is 10.8 Å². The lowest BCUT2D eigenvalue weighted by Crippen LogP contribution is -2.13. The van der Waals surface area contributed by atoms with E-state index in [2.05, 4.69) is 10.3 Å². The Morgan fingerprint density at radius 2 is 2.08 bits per heavy atom. The van der Waals surface area contributed by atoms with Crippen molar-refractivity contribution in [3.63, 3.8) is 0 Å². The number of nitrogens with zero attached hydrogens (tertiary/aromatic N) is 2. The van der Waals surface area contributed by atoms with Crippen LogP contribution in [0.1, 0.15) is 17.3 Å². The highest BCUT2D eigenvalue weighted by atomic mass is 32.1. The second-order valence-electron chi connectivity index (χ2n) is 4.78. The molecule has 1 heterocycles. The van der Waals surface area contributed by atoms with Gasteiger partial charge in [-0.15, -0.1) is 0 Å². The molecule has 0 saturated heterocycles. The van der Waals surface area contributed by atoms with Gasteiger partial charge in [0.2, 0.25) is 0 Å². The predicted octanol–water partition coefficient (Wildman–Crippen LogP) is 3.86. The first kappa shape index (κ1) is 15.9. The minimum Gasteiger partial charge on any atom is -0.492 e. The molecule has 3 rings (SSSR count). The molecule has 0 fully saturated rings. The molecule has 1 amide bonds. The Bertz CT molecular complexity index is 923. The van der Waals surface area contributed by atoms with Crippen molar-refractivity contribution in [1.29, 1.82) is 0 Å². The second-order valence-corrected chi connectivity index (χ2v) is 5.81. The Morgan fingerprint density at radius 3 is 2.83 bits per heavy atom. The SMILES string of the molecule is CCOc1cccc2sc(NC(=O)c3ccccc3[N+](=O)[O-])nc12. The molecule has 0 aliphatic heterocycles. The number of nitro groups is 1. The zero-order valence-corrected chi connectivity index (χ0v) is 13.5. The first-order valence-corrected chi connectivity index (χ1v) is 7.99. The Hall–Kier alpha value is -3.00. The summed E-state index contributed by atoms with van der Waals surface area (Å²) in [6.07, 6.45) is 0. The number of benzene rings is 2. The zero-order chi connectivity index (χ0) is 17.1. The van der Waals surface area contributed by atoms with Gasteiger partial charge < -0.3 is 4.74 Å². The standard InChI is InChI=1S/C16H13N3O4S/c1-2-23-12-8-5-9-13-14(12)17-16(24-13)18-15(20)10-6-3-4-7-11(10)19(21)22/h3-9H,2H2,1H3,(H,17,18,20). The number of nitrogens with one attached hydrogen (secondary N) is 1. The van der Waals surface area contributed by atoms with E-state index in [1.54, 1.807) is 12.1 Å². The molecule has 0 bridgehead atoms. The normalized spacial score (nSPS) is 10.5. The molecule has 1 N–H and O–H groups in total. The van der Waals surface area contributed by atoms with Crippen molar-refractivity contribution in [2.75, 3.05) is 11.9 Å². The molecule has 7 nitrogen and oxygen atoms in total. The molecule has 0 aliphatic carbocycles. The molecule has 3 aromatic rings. The van der Waals surface area contributed by atoms with Crippen LogP contribution in [0.2, 0.25) is 0 Å². The molecule has 0 saturated carbocycles. The monoisotopic (exact) mass is 343 g/mol. The fraction of sp³-hybridized carbons (Fsp3) is 0.125. The van der Waals surface area contributed by atoms with Crippen LogP contribution >= 0.6 is 11.3 Å². The number of aromatic nitrogens is 1. The number of fused-ring (bicyclic) bond motifs is 1. The van der Waals surface area contributed by atoms with Gasteiger partial charge in [-0.3, -0.25) is 20.2 Å². The molecule has 1 aromatic heterocycles. The van der Waals surface area contributed by atoms with E-state index in [1.165, 1.54) is 29.5 Å². The molecule has 0 radical (unpaired) electrons. The van der Waals surface area contributed by atoms with Gasteiger partial charge in [0.25, 0.3) is 11.6 Å². The van der Waals surface area contributed by atoms with Crippen LogP contribution in [-0.2, 0) is 0 Å². The number of rotatable bonds is 5. The third kappa shape index (κ3) is 3.04. The number of thiazole rings is 1. The quantitative estimate of drug-likeness (QED) is 0.561. The number of carbonyl (C=O) groups is 1. The first-order chi connectivity index (χ1) is 11.6. The van der Waals surface area contributed by atoms with Crippen molar-refractivity contribution < 1.29 is 14.5 Å². The number of nitro benzene ring substituents is 1. The van der Waals surface area contributed by atoms with Crippen molar-refractivity contribution in [3.05, 3.63) is 58.1 Å². The van der Waals surface area contributed by atoms with Crippen LogP contribution in [0.5, 0.6) is 5.75 Å². The van der Waals surface area contributed by atoms with Gasteiger partial charge in [0, 0.05) is 6.07 Å². The number of hydrogen-bond acceptors (Lipinski definition) is 6. The van der Waals surface area contributed by atoms with Gasteiger partial charge in [0.15, 0.2) is 5.13 Å². The molecule has 0 spiro atoms. The molecule has 0 aliphatic rings. The number of carbonyl (C=O) groups excluding carboxylic acids is 1. The highest BCUT2D eigenvalue weighted by Gasteiger charge is 2.20. The van der Waals surface area contributed by atoms with Crippen LogP contribution in [0.3, 0.4) is 0 Å². The van der Waals surface area contributed by atoms with Gasteiger partial charge in [0.05, 0.1) is 16.2 Å². The molecule has 122 valence electrons. The maximum atomic E-state index is 12.3. The Kier molecular flexibility index (Phi) is 4.39. The summed E-state index contributed by atoms with van der Waals surface area (Å²) >= 11 is 1.28. The maximum absolute atomic E-state index is 12.3. The highest BCUT2D eigenvalue weighted by molar-refractivity contribution is 7.22. The lowest BCUT2D eigenvalue weighted by Gasteiger charge is -2.03. The zero-order valence-electron chi connectivity index (χ0n) is 12.7. The van der Waals surface area contributed by atoms with E-state index in [-0.39, 0.29) is 11.3 Å².